The first-order valence-electron chi connectivity index (χ1n) is 8.02. The van der Waals surface area contributed by atoms with E-state index in [-0.39, 0.29) is 23.0 Å². The van der Waals surface area contributed by atoms with E-state index >= 15 is 0 Å². The molecule has 0 aromatic heterocycles. The molecule has 136 valence electrons. The molecule has 0 radical (unpaired) electrons. The number of thiocarbonyl (C=S) groups is 1. The zero-order valence-electron chi connectivity index (χ0n) is 14.1. The molecule has 3 rings (SSSR count). The van der Waals surface area contributed by atoms with E-state index in [0.29, 0.717) is 17.1 Å². The molecule has 0 atom stereocenters. The molecule has 2 aromatic rings. The van der Waals surface area contributed by atoms with Gasteiger partial charge in [-0.1, -0.05) is 24.3 Å². The maximum Gasteiger partial charge on any atom is 0.265 e. The lowest BCUT2D eigenvalue weighted by Gasteiger charge is -2.27. The van der Waals surface area contributed by atoms with Crippen molar-refractivity contribution in [3.05, 3.63) is 78.1 Å². The second-order valence-corrected chi connectivity index (χ2v) is 6.00. The van der Waals surface area contributed by atoms with Gasteiger partial charge in [0.1, 0.15) is 22.9 Å². The molecular formula is C20H15FN2O3S. The fraction of sp³-hybridized carbons (Fsp3) is 0.0500. The Balaban J connectivity index is 1.95. The first kappa shape index (κ1) is 18.5. The van der Waals surface area contributed by atoms with E-state index in [1.807, 2.05) is 0 Å². The summed E-state index contributed by atoms with van der Waals surface area (Å²) in [6, 6.07) is 12.4. The number of carbonyl (C=O) groups excluding carboxylic acids is 2. The van der Waals surface area contributed by atoms with Crippen molar-refractivity contribution in [2.75, 3.05) is 6.54 Å². The van der Waals surface area contributed by atoms with Crippen LogP contribution in [0.15, 0.2) is 66.8 Å². The highest BCUT2D eigenvalue weighted by molar-refractivity contribution is 7.80. The molecule has 1 aliphatic heterocycles. The summed E-state index contributed by atoms with van der Waals surface area (Å²) in [6.45, 7) is 3.77. The number of halogens is 1. The number of benzene rings is 2. The molecule has 1 aliphatic rings. The summed E-state index contributed by atoms with van der Waals surface area (Å²) in [5, 5.41) is 2.53. The molecule has 1 fully saturated rings. The van der Waals surface area contributed by atoms with E-state index in [1.54, 1.807) is 24.3 Å². The van der Waals surface area contributed by atoms with Gasteiger partial charge in [-0.15, -0.1) is 6.58 Å². The molecule has 0 saturated carbocycles. The fourth-order valence-electron chi connectivity index (χ4n) is 2.47. The molecule has 1 saturated heterocycles. The summed E-state index contributed by atoms with van der Waals surface area (Å²) in [4.78, 5) is 26.1. The molecule has 2 amide bonds. The number of rotatable bonds is 5. The predicted octanol–water partition coefficient (Wildman–Crippen LogP) is 3.43. The van der Waals surface area contributed by atoms with Gasteiger partial charge in [-0.05, 0) is 48.6 Å². The quantitative estimate of drug-likeness (QED) is 0.373. The fourth-order valence-corrected chi connectivity index (χ4v) is 2.72. The van der Waals surface area contributed by atoms with Gasteiger partial charge in [0, 0.05) is 12.1 Å². The van der Waals surface area contributed by atoms with E-state index in [1.165, 1.54) is 41.3 Å². The third kappa shape index (κ3) is 4.09. The predicted molar refractivity (Wildman–Crippen MR) is 104 cm³/mol. The molecule has 2 aromatic carbocycles. The van der Waals surface area contributed by atoms with Crippen LogP contribution in [0.4, 0.5) is 4.39 Å². The Kier molecular flexibility index (Phi) is 5.42. The highest BCUT2D eigenvalue weighted by Crippen LogP contribution is 2.28. The van der Waals surface area contributed by atoms with Crippen LogP contribution in [0.1, 0.15) is 5.56 Å². The lowest BCUT2D eigenvalue weighted by Crippen LogP contribution is -2.53. The molecular weight excluding hydrogens is 367 g/mol. The molecule has 27 heavy (non-hydrogen) atoms. The summed E-state index contributed by atoms with van der Waals surface area (Å²) >= 11 is 5.03. The van der Waals surface area contributed by atoms with Crippen LogP contribution in [0, 0.1) is 5.82 Å². The zero-order valence-corrected chi connectivity index (χ0v) is 15.0. The summed E-state index contributed by atoms with van der Waals surface area (Å²) in [5.74, 6) is -0.626. The minimum absolute atomic E-state index is 0.0397. The van der Waals surface area contributed by atoms with Gasteiger partial charge in [0.25, 0.3) is 11.8 Å². The van der Waals surface area contributed by atoms with E-state index in [2.05, 4.69) is 11.9 Å². The summed E-state index contributed by atoms with van der Waals surface area (Å²) in [6.07, 6.45) is 2.96. The Morgan fingerprint density at radius 1 is 1.15 bits per heavy atom. The van der Waals surface area contributed by atoms with Crippen molar-refractivity contribution in [1.29, 1.82) is 0 Å². The second kappa shape index (κ2) is 7.92. The number of nitrogens with one attached hydrogen (secondary N) is 1. The number of nitrogens with zero attached hydrogens (tertiary/aromatic N) is 1. The molecule has 1 heterocycles. The lowest BCUT2D eigenvalue weighted by molar-refractivity contribution is -0.128. The van der Waals surface area contributed by atoms with E-state index in [9.17, 15) is 14.0 Å². The van der Waals surface area contributed by atoms with Gasteiger partial charge >= 0.3 is 0 Å². The third-order valence-corrected chi connectivity index (χ3v) is 4.08. The maximum atomic E-state index is 13.1. The van der Waals surface area contributed by atoms with Gasteiger partial charge < -0.3 is 4.74 Å². The highest BCUT2D eigenvalue weighted by Gasteiger charge is 2.32. The van der Waals surface area contributed by atoms with Gasteiger partial charge in [-0.2, -0.15) is 0 Å². The Morgan fingerprint density at radius 3 is 2.56 bits per heavy atom. The van der Waals surface area contributed by atoms with Crippen molar-refractivity contribution in [2.24, 2.45) is 0 Å². The maximum absolute atomic E-state index is 13.1. The van der Waals surface area contributed by atoms with E-state index in [0.717, 1.165) is 0 Å². The highest BCUT2D eigenvalue weighted by atomic mass is 32.1. The molecule has 1 N–H and O–H groups in total. The molecule has 0 bridgehead atoms. The Hall–Kier alpha value is -3.32. The van der Waals surface area contributed by atoms with Crippen LogP contribution in [0.5, 0.6) is 11.5 Å². The second-order valence-electron chi connectivity index (χ2n) is 5.62. The van der Waals surface area contributed by atoms with Gasteiger partial charge in [0.15, 0.2) is 5.11 Å². The average molecular weight is 382 g/mol. The summed E-state index contributed by atoms with van der Waals surface area (Å²) in [7, 11) is 0. The lowest BCUT2D eigenvalue weighted by atomic mass is 10.1. The largest absolute Gasteiger partial charge is 0.457 e. The van der Waals surface area contributed by atoms with Gasteiger partial charge in [0.05, 0.1) is 0 Å². The van der Waals surface area contributed by atoms with Crippen LogP contribution in [-0.2, 0) is 9.59 Å². The number of hydrogen-bond acceptors (Lipinski definition) is 4. The minimum atomic E-state index is -0.582. The van der Waals surface area contributed by atoms with Crippen molar-refractivity contribution in [1.82, 2.24) is 10.2 Å². The van der Waals surface area contributed by atoms with Crippen LogP contribution in [0.25, 0.3) is 6.08 Å². The molecule has 0 aliphatic carbocycles. The number of para-hydroxylation sites is 1. The number of carbonyl (C=O) groups is 2. The number of ether oxygens (including phenoxy) is 1. The molecule has 7 heteroatoms. The van der Waals surface area contributed by atoms with Crippen LogP contribution >= 0.6 is 12.2 Å². The van der Waals surface area contributed by atoms with E-state index in [4.69, 9.17) is 17.0 Å². The summed E-state index contributed by atoms with van der Waals surface area (Å²) < 4.78 is 18.8. The van der Waals surface area contributed by atoms with Crippen LogP contribution in [-0.4, -0.2) is 28.4 Å². The normalized spacial score (nSPS) is 15.7. The average Bonchev–Trinajstić information content (AvgIpc) is 2.65. The number of hydrogen-bond donors (Lipinski definition) is 1. The first-order chi connectivity index (χ1) is 13.0. The van der Waals surface area contributed by atoms with Gasteiger partial charge in [-0.25, -0.2) is 4.39 Å². The van der Waals surface area contributed by atoms with Crippen molar-refractivity contribution in [3.63, 3.8) is 0 Å². The Labute approximate surface area is 160 Å². The number of amides is 2. The zero-order chi connectivity index (χ0) is 19.4. The molecule has 0 spiro atoms. The van der Waals surface area contributed by atoms with Gasteiger partial charge in [0.2, 0.25) is 0 Å². The molecule has 0 unspecified atom stereocenters. The Morgan fingerprint density at radius 2 is 1.85 bits per heavy atom. The van der Waals surface area contributed by atoms with Crippen molar-refractivity contribution < 1.29 is 18.7 Å². The standard InChI is InChI=1S/C20H15FN2O3S/c1-2-11-23-19(25)16(18(24)22-20(23)27)12-13-5-3-4-6-17(13)26-15-9-7-14(21)8-10-15/h2-10,12H,1,11H2,(H,22,24,27)/b16-12+. The topological polar surface area (TPSA) is 58.6 Å². The third-order valence-electron chi connectivity index (χ3n) is 3.76. The van der Waals surface area contributed by atoms with Crippen LogP contribution < -0.4 is 10.1 Å². The van der Waals surface area contributed by atoms with Crippen molar-refractivity contribution in [2.45, 2.75) is 0 Å². The van der Waals surface area contributed by atoms with Crippen molar-refractivity contribution in [3.8, 4) is 11.5 Å². The monoisotopic (exact) mass is 382 g/mol. The summed E-state index contributed by atoms with van der Waals surface area (Å²) in [5.41, 5.74) is 0.451. The van der Waals surface area contributed by atoms with Crippen LogP contribution in [0.3, 0.4) is 0 Å². The van der Waals surface area contributed by atoms with E-state index < -0.39 is 11.8 Å². The van der Waals surface area contributed by atoms with Crippen molar-refractivity contribution >= 4 is 35.2 Å². The molecule has 5 nitrogen and oxygen atoms in total. The van der Waals surface area contributed by atoms with Gasteiger partial charge in [-0.3, -0.25) is 19.8 Å². The smallest absolute Gasteiger partial charge is 0.265 e. The Bertz CT molecular complexity index is 954. The minimum Gasteiger partial charge on any atom is -0.457 e. The first-order valence-corrected chi connectivity index (χ1v) is 8.42. The van der Waals surface area contributed by atoms with Crippen LogP contribution in [0.2, 0.25) is 0 Å². The SMILES string of the molecule is C=CCN1C(=O)/C(=C/c2ccccc2Oc2ccc(F)cc2)C(=O)NC1=S.